The standard InChI is InChI=1S/C26H52NO7P/c1-5-6-7-8-9-10-11-12-13-14-15-16-17-18-19-20-24(29)26(25(30)23-28)34-35(31,32)33-22-21-27(2,3)4/h12-13,25-26,28,30H,5-11,14-23H2,1-4H3/p+1/b13-12-/t25-,26?/m0/s1. The van der Waals surface area contributed by atoms with Gasteiger partial charge >= 0.3 is 7.82 Å². The number of aliphatic hydroxyl groups is 2. The van der Waals surface area contributed by atoms with Gasteiger partial charge in [0.2, 0.25) is 0 Å². The number of allylic oxidation sites excluding steroid dienone is 2. The molecule has 0 aliphatic heterocycles. The monoisotopic (exact) mass is 522 g/mol. The van der Waals surface area contributed by atoms with Gasteiger partial charge in [0.1, 0.15) is 19.3 Å². The predicted molar refractivity (Wildman–Crippen MR) is 141 cm³/mol. The lowest BCUT2D eigenvalue weighted by Gasteiger charge is -2.26. The molecule has 0 aliphatic rings. The summed E-state index contributed by atoms with van der Waals surface area (Å²) in [6.07, 6.45) is 16.3. The van der Waals surface area contributed by atoms with Crippen molar-refractivity contribution in [3.05, 3.63) is 12.2 Å². The number of Topliss-reactive ketones (excluding diaryl/α,β-unsaturated/α-hetero) is 1. The fourth-order valence-corrected chi connectivity index (χ4v) is 4.47. The molecule has 208 valence electrons. The van der Waals surface area contributed by atoms with E-state index in [4.69, 9.17) is 9.05 Å². The van der Waals surface area contributed by atoms with Gasteiger partial charge in [-0.05, 0) is 32.1 Å². The fourth-order valence-electron chi connectivity index (χ4n) is 3.56. The maximum absolute atomic E-state index is 12.5. The van der Waals surface area contributed by atoms with E-state index in [1.165, 1.54) is 44.9 Å². The molecule has 2 unspecified atom stereocenters. The summed E-state index contributed by atoms with van der Waals surface area (Å²) in [6, 6.07) is 0. The van der Waals surface area contributed by atoms with Crippen molar-refractivity contribution in [3.8, 4) is 0 Å². The van der Waals surface area contributed by atoms with E-state index in [9.17, 15) is 24.5 Å². The van der Waals surface area contributed by atoms with Gasteiger partial charge in [0.15, 0.2) is 11.9 Å². The van der Waals surface area contributed by atoms with E-state index >= 15 is 0 Å². The first-order chi connectivity index (χ1) is 16.5. The lowest BCUT2D eigenvalue weighted by molar-refractivity contribution is -0.870. The molecule has 0 saturated carbocycles. The number of phosphoric ester groups is 1. The Balaban J connectivity index is 4.07. The summed E-state index contributed by atoms with van der Waals surface area (Å²) in [7, 11) is 1.18. The van der Waals surface area contributed by atoms with Crippen molar-refractivity contribution in [1.29, 1.82) is 0 Å². The van der Waals surface area contributed by atoms with Crippen molar-refractivity contribution in [2.24, 2.45) is 0 Å². The van der Waals surface area contributed by atoms with Crippen molar-refractivity contribution in [2.75, 3.05) is 40.9 Å². The summed E-state index contributed by atoms with van der Waals surface area (Å²) >= 11 is 0. The second-order valence-corrected chi connectivity index (χ2v) is 11.8. The maximum Gasteiger partial charge on any atom is 0.473 e. The minimum absolute atomic E-state index is 0.0400. The molecular weight excluding hydrogens is 469 g/mol. The fraction of sp³-hybridized carbons (Fsp3) is 0.885. The van der Waals surface area contributed by atoms with Crippen LogP contribution in [0, 0.1) is 0 Å². The highest BCUT2D eigenvalue weighted by atomic mass is 31.2. The molecule has 8 nitrogen and oxygen atoms in total. The Morgan fingerprint density at radius 3 is 1.94 bits per heavy atom. The Morgan fingerprint density at radius 2 is 1.43 bits per heavy atom. The van der Waals surface area contributed by atoms with Gasteiger partial charge in [-0.1, -0.05) is 70.4 Å². The molecule has 0 rings (SSSR count). The van der Waals surface area contributed by atoms with Crippen LogP contribution in [0.5, 0.6) is 0 Å². The van der Waals surface area contributed by atoms with Crippen LogP contribution in [-0.2, 0) is 18.4 Å². The Morgan fingerprint density at radius 1 is 0.914 bits per heavy atom. The Hall–Kier alpha value is -0.600. The van der Waals surface area contributed by atoms with Crippen molar-refractivity contribution in [1.82, 2.24) is 0 Å². The molecule has 0 amide bonds. The predicted octanol–water partition coefficient (Wildman–Crippen LogP) is 5.15. The van der Waals surface area contributed by atoms with Crippen molar-refractivity contribution in [3.63, 3.8) is 0 Å². The highest BCUT2D eigenvalue weighted by molar-refractivity contribution is 7.47. The molecule has 0 radical (unpaired) electrons. The van der Waals surface area contributed by atoms with Gasteiger partial charge in [0.05, 0.1) is 27.7 Å². The van der Waals surface area contributed by atoms with E-state index < -0.39 is 32.4 Å². The number of unbranched alkanes of at least 4 members (excludes halogenated alkanes) is 11. The smallest absolute Gasteiger partial charge is 0.394 e. The zero-order valence-corrected chi connectivity index (χ0v) is 23.6. The average molecular weight is 523 g/mol. The average Bonchev–Trinajstić information content (AvgIpc) is 2.78. The Kier molecular flexibility index (Phi) is 20.1. The summed E-state index contributed by atoms with van der Waals surface area (Å²) in [6.45, 7) is 1.91. The van der Waals surface area contributed by atoms with Crippen LogP contribution in [0.1, 0.15) is 96.8 Å². The number of quaternary nitrogens is 1. The van der Waals surface area contributed by atoms with Crippen LogP contribution >= 0.6 is 7.82 Å². The van der Waals surface area contributed by atoms with Gasteiger partial charge in [-0.2, -0.15) is 0 Å². The normalized spacial score (nSPS) is 15.9. The van der Waals surface area contributed by atoms with E-state index in [0.717, 1.165) is 32.1 Å². The topological polar surface area (TPSA) is 113 Å². The zero-order chi connectivity index (χ0) is 26.6. The largest absolute Gasteiger partial charge is 0.473 e. The molecule has 35 heavy (non-hydrogen) atoms. The van der Waals surface area contributed by atoms with Crippen molar-refractivity contribution >= 4 is 13.6 Å². The van der Waals surface area contributed by atoms with Gasteiger partial charge in [-0.3, -0.25) is 13.8 Å². The summed E-state index contributed by atoms with van der Waals surface area (Å²) in [5, 5.41) is 19.2. The lowest BCUT2D eigenvalue weighted by Crippen LogP contribution is -2.39. The quantitative estimate of drug-likeness (QED) is 0.0695. The molecule has 0 bridgehead atoms. The van der Waals surface area contributed by atoms with Gasteiger partial charge < -0.3 is 19.6 Å². The Bertz CT molecular complexity index is 607. The number of carbonyl (C=O) groups excluding carboxylic acids is 1. The number of phosphoric acid groups is 1. The van der Waals surface area contributed by atoms with Crippen LogP contribution in [0.15, 0.2) is 12.2 Å². The number of nitrogens with zero attached hydrogens (tertiary/aromatic N) is 1. The molecule has 0 fully saturated rings. The number of rotatable bonds is 24. The third kappa shape index (κ3) is 21.2. The number of likely N-dealkylation sites (N-methyl/N-ethyl adjacent to an activating group) is 1. The molecule has 9 heteroatoms. The molecule has 0 saturated heterocycles. The molecule has 0 aliphatic carbocycles. The van der Waals surface area contributed by atoms with Gasteiger partial charge in [0, 0.05) is 6.42 Å². The first-order valence-electron chi connectivity index (χ1n) is 13.4. The van der Waals surface area contributed by atoms with Crippen LogP contribution < -0.4 is 0 Å². The van der Waals surface area contributed by atoms with E-state index in [1.807, 2.05) is 21.1 Å². The highest BCUT2D eigenvalue weighted by Gasteiger charge is 2.35. The van der Waals surface area contributed by atoms with Crippen LogP contribution in [-0.4, -0.2) is 78.5 Å². The van der Waals surface area contributed by atoms with Crippen molar-refractivity contribution < 1.29 is 38.0 Å². The van der Waals surface area contributed by atoms with Crippen LogP contribution in [0.2, 0.25) is 0 Å². The minimum Gasteiger partial charge on any atom is -0.394 e. The van der Waals surface area contributed by atoms with Gasteiger partial charge in [-0.15, -0.1) is 0 Å². The SMILES string of the molecule is CCCCCCCC/C=C\CCCCCCCC(=O)C(OP(=O)(O)OCC[N+](C)(C)C)[C@@H](O)CO. The van der Waals surface area contributed by atoms with E-state index in [2.05, 4.69) is 19.1 Å². The zero-order valence-electron chi connectivity index (χ0n) is 22.7. The number of aliphatic hydroxyl groups excluding tert-OH is 2. The number of hydrogen-bond acceptors (Lipinski definition) is 6. The third-order valence-electron chi connectivity index (χ3n) is 5.80. The first kappa shape index (κ1) is 34.4. The molecule has 0 spiro atoms. The minimum atomic E-state index is -4.54. The molecule has 0 heterocycles. The number of carbonyl (C=O) groups is 1. The van der Waals surface area contributed by atoms with E-state index in [-0.39, 0.29) is 13.0 Å². The molecule has 3 atom stereocenters. The summed E-state index contributed by atoms with van der Waals surface area (Å²) in [4.78, 5) is 22.4. The second-order valence-electron chi connectivity index (χ2n) is 10.4. The van der Waals surface area contributed by atoms with Gasteiger partial charge in [-0.25, -0.2) is 4.57 Å². The second kappa shape index (κ2) is 20.5. The lowest BCUT2D eigenvalue weighted by atomic mass is 10.0. The summed E-state index contributed by atoms with van der Waals surface area (Å²) in [5.74, 6) is -0.506. The summed E-state index contributed by atoms with van der Waals surface area (Å²) < 4.78 is 22.6. The first-order valence-corrected chi connectivity index (χ1v) is 14.9. The van der Waals surface area contributed by atoms with E-state index in [1.54, 1.807) is 0 Å². The maximum atomic E-state index is 12.5. The number of hydrogen-bond donors (Lipinski definition) is 3. The highest BCUT2D eigenvalue weighted by Crippen LogP contribution is 2.45. The number of ketones is 1. The molecule has 0 aromatic rings. The third-order valence-corrected chi connectivity index (χ3v) is 6.80. The summed E-state index contributed by atoms with van der Waals surface area (Å²) in [5.41, 5.74) is 0. The van der Waals surface area contributed by atoms with Crippen LogP contribution in [0.4, 0.5) is 0 Å². The van der Waals surface area contributed by atoms with Crippen molar-refractivity contribution in [2.45, 2.75) is 109 Å². The van der Waals surface area contributed by atoms with Gasteiger partial charge in [0.25, 0.3) is 0 Å². The Labute approximate surface area is 213 Å². The molecular formula is C26H53NO7P+. The molecule has 3 N–H and O–H groups in total. The molecule has 0 aromatic heterocycles. The van der Waals surface area contributed by atoms with E-state index in [0.29, 0.717) is 17.4 Å². The van der Waals surface area contributed by atoms with Crippen LogP contribution in [0.3, 0.4) is 0 Å². The van der Waals surface area contributed by atoms with Crippen LogP contribution in [0.25, 0.3) is 0 Å². The molecule has 0 aromatic carbocycles.